The average Bonchev–Trinajstić information content (AvgIpc) is 2.72. The van der Waals surface area contributed by atoms with Crippen molar-refractivity contribution < 1.29 is 28.6 Å². The minimum atomic E-state index is -1.25. The van der Waals surface area contributed by atoms with Crippen LogP contribution in [0.1, 0.15) is 38.2 Å². The Kier molecular flexibility index (Phi) is 5.46. The van der Waals surface area contributed by atoms with Crippen molar-refractivity contribution in [3.63, 3.8) is 0 Å². The minimum absolute atomic E-state index is 0.0196. The molecule has 0 radical (unpaired) electrons. The van der Waals surface area contributed by atoms with Crippen LogP contribution in [0.4, 0.5) is 4.39 Å². The maximum Gasteiger partial charge on any atom is 0.261 e. The summed E-state index contributed by atoms with van der Waals surface area (Å²) in [6, 6.07) is 8.92. The number of rotatable bonds is 6. The lowest BCUT2D eigenvalue weighted by atomic mass is 9.44. The maximum absolute atomic E-state index is 13.5. The molecule has 3 saturated carbocycles. The zero-order chi connectivity index (χ0) is 24.3. The van der Waals surface area contributed by atoms with Crippen LogP contribution in [0.3, 0.4) is 0 Å². The Morgan fingerprint density at radius 2 is 1.85 bits per heavy atom. The quantitative estimate of drug-likeness (QED) is 0.554. The Balaban J connectivity index is 1.12. The summed E-state index contributed by atoms with van der Waals surface area (Å²) in [5, 5.41) is 17.3. The summed E-state index contributed by atoms with van der Waals surface area (Å²) in [6.07, 6.45) is 1.07. The molecule has 0 unspecified atom stereocenters. The second-order valence-corrected chi connectivity index (χ2v) is 10.6. The molecule has 3 aliphatic carbocycles. The Labute approximate surface area is 205 Å². The highest BCUT2D eigenvalue weighted by atomic mass is 35.5. The van der Waals surface area contributed by atoms with Gasteiger partial charge in [-0.1, -0.05) is 23.2 Å². The van der Waals surface area contributed by atoms with Gasteiger partial charge in [0.1, 0.15) is 17.3 Å². The van der Waals surface area contributed by atoms with Crippen molar-refractivity contribution in [1.29, 1.82) is 0 Å². The maximum atomic E-state index is 13.5. The van der Waals surface area contributed by atoms with Gasteiger partial charge in [0.25, 0.3) is 11.8 Å². The van der Waals surface area contributed by atoms with E-state index in [2.05, 4.69) is 10.6 Å². The summed E-state index contributed by atoms with van der Waals surface area (Å²) in [6.45, 7) is 1.38. The molecule has 3 N–H and O–H groups in total. The number of fused-ring (bicyclic) bond motifs is 1. The summed E-state index contributed by atoms with van der Waals surface area (Å²) in [5.74, 6) is -0.591. The Hall–Kier alpha value is -2.55. The Morgan fingerprint density at radius 1 is 1.15 bits per heavy atom. The van der Waals surface area contributed by atoms with Crippen LogP contribution < -0.4 is 20.1 Å². The molecule has 180 valence electrons. The molecule has 7 nitrogen and oxygen atoms in total. The van der Waals surface area contributed by atoms with Gasteiger partial charge in [-0.25, -0.2) is 4.39 Å². The first kappa shape index (κ1) is 23.2. The number of benzene rings is 2. The van der Waals surface area contributed by atoms with Gasteiger partial charge in [-0.15, -0.1) is 0 Å². The van der Waals surface area contributed by atoms with E-state index in [-0.39, 0.29) is 46.7 Å². The first-order valence-corrected chi connectivity index (χ1v) is 11.6. The van der Waals surface area contributed by atoms with Gasteiger partial charge in [0.2, 0.25) is 0 Å². The molecule has 0 spiro atoms. The number of hydrogen-bond acceptors (Lipinski definition) is 5. The fourth-order valence-electron chi connectivity index (χ4n) is 5.28. The first-order chi connectivity index (χ1) is 16.0. The number of ether oxygens (including phenoxy) is 2. The van der Waals surface area contributed by atoms with Crippen molar-refractivity contribution in [1.82, 2.24) is 10.6 Å². The van der Waals surface area contributed by atoms with Crippen molar-refractivity contribution in [2.45, 2.75) is 55.4 Å². The van der Waals surface area contributed by atoms with Crippen molar-refractivity contribution in [2.24, 2.45) is 0 Å². The lowest BCUT2D eigenvalue weighted by molar-refractivity contribution is -0.156. The fourth-order valence-corrected chi connectivity index (χ4v) is 5.57. The largest absolute Gasteiger partial charge is 0.484 e. The lowest BCUT2D eigenvalue weighted by Gasteiger charge is -2.70. The van der Waals surface area contributed by atoms with Crippen LogP contribution >= 0.6 is 23.2 Å². The molecule has 2 aromatic carbocycles. The Morgan fingerprint density at radius 3 is 2.56 bits per heavy atom. The summed E-state index contributed by atoms with van der Waals surface area (Å²) in [5.41, 5.74) is -1.46. The van der Waals surface area contributed by atoms with Gasteiger partial charge in [-0.2, -0.15) is 0 Å². The molecule has 0 aromatic heterocycles. The van der Waals surface area contributed by atoms with Crippen LogP contribution in [-0.2, 0) is 15.2 Å². The van der Waals surface area contributed by atoms with E-state index in [1.807, 2.05) is 0 Å². The molecule has 1 aliphatic heterocycles. The van der Waals surface area contributed by atoms with Gasteiger partial charge >= 0.3 is 0 Å². The standard InChI is InChI=1S/C24H23Cl2FN2O5/c1-22(32)8-19(34-18-5-2-13(25)6-15(18)22)21(31)29-24-10-23(11-24,12-24)28-20(30)9-33-14-3-4-16(26)17(27)7-14/h2-7,19,32H,8-12H2,1H3,(H,28,30)(H,29,31)/t19-,22+,23?,24?/m0/s1. The second kappa shape index (κ2) is 8.00. The highest BCUT2D eigenvalue weighted by molar-refractivity contribution is 6.31. The lowest BCUT2D eigenvalue weighted by Crippen LogP contribution is -2.84. The van der Waals surface area contributed by atoms with E-state index < -0.39 is 17.5 Å². The van der Waals surface area contributed by atoms with Crippen LogP contribution in [0.5, 0.6) is 11.5 Å². The first-order valence-electron chi connectivity index (χ1n) is 10.9. The summed E-state index contributed by atoms with van der Waals surface area (Å²) >= 11 is 11.7. The minimum Gasteiger partial charge on any atom is -0.484 e. The second-order valence-electron chi connectivity index (χ2n) is 9.72. The van der Waals surface area contributed by atoms with Crippen molar-refractivity contribution in [2.75, 3.05) is 6.61 Å². The van der Waals surface area contributed by atoms with Gasteiger partial charge < -0.3 is 25.2 Å². The van der Waals surface area contributed by atoms with Crippen LogP contribution in [0.2, 0.25) is 10.0 Å². The predicted molar refractivity (Wildman–Crippen MR) is 123 cm³/mol. The summed E-state index contributed by atoms with van der Waals surface area (Å²) < 4.78 is 24.7. The molecule has 10 heteroatoms. The Bertz CT molecular complexity index is 1170. The number of amides is 2. The van der Waals surface area contributed by atoms with E-state index in [0.29, 0.717) is 35.6 Å². The highest BCUT2D eigenvalue weighted by Gasteiger charge is 2.69. The number of carbonyl (C=O) groups is 2. The molecule has 4 aliphatic rings. The van der Waals surface area contributed by atoms with Crippen molar-refractivity contribution in [3.05, 3.63) is 57.8 Å². The van der Waals surface area contributed by atoms with E-state index in [9.17, 15) is 19.1 Å². The molecule has 34 heavy (non-hydrogen) atoms. The van der Waals surface area contributed by atoms with E-state index in [0.717, 1.165) is 6.07 Å². The van der Waals surface area contributed by atoms with Crippen LogP contribution in [0.25, 0.3) is 0 Å². The zero-order valence-electron chi connectivity index (χ0n) is 18.3. The third-order valence-corrected chi connectivity index (χ3v) is 7.29. The van der Waals surface area contributed by atoms with Crippen LogP contribution in [0, 0.1) is 5.82 Å². The monoisotopic (exact) mass is 508 g/mol. The normalized spacial score (nSPS) is 30.7. The van der Waals surface area contributed by atoms with Gasteiger partial charge in [0.05, 0.1) is 10.6 Å². The van der Waals surface area contributed by atoms with E-state index in [4.69, 9.17) is 32.7 Å². The predicted octanol–water partition coefficient (Wildman–Crippen LogP) is 3.48. The molecular weight excluding hydrogens is 486 g/mol. The molecule has 2 atom stereocenters. The number of halogens is 3. The van der Waals surface area contributed by atoms with Gasteiger partial charge in [0, 0.05) is 34.2 Å². The zero-order valence-corrected chi connectivity index (χ0v) is 19.8. The average molecular weight is 509 g/mol. The third-order valence-electron chi connectivity index (χ3n) is 6.75. The van der Waals surface area contributed by atoms with E-state index in [1.165, 1.54) is 12.1 Å². The number of carbonyl (C=O) groups excluding carboxylic acids is 2. The number of hydrogen-bond donors (Lipinski definition) is 3. The van der Waals surface area contributed by atoms with Gasteiger partial charge in [0.15, 0.2) is 12.7 Å². The highest BCUT2D eigenvalue weighted by Crippen LogP contribution is 2.60. The number of aliphatic hydroxyl groups is 1. The van der Waals surface area contributed by atoms with E-state index in [1.54, 1.807) is 25.1 Å². The van der Waals surface area contributed by atoms with Crippen LogP contribution in [-0.4, -0.2) is 40.7 Å². The molecule has 6 rings (SSSR count). The topological polar surface area (TPSA) is 96.9 Å². The molecule has 3 fully saturated rings. The number of nitrogens with one attached hydrogen (secondary N) is 2. The summed E-state index contributed by atoms with van der Waals surface area (Å²) in [4.78, 5) is 25.2. The molecular formula is C24H23Cl2FN2O5. The van der Waals surface area contributed by atoms with Crippen molar-refractivity contribution in [3.8, 4) is 11.5 Å². The molecule has 2 aromatic rings. The molecule has 1 heterocycles. The molecule has 0 saturated heterocycles. The SMILES string of the molecule is C[C@@]1(O)C[C@@H](C(=O)NC23CC(NC(=O)COc4ccc(Cl)c(F)c4)(C2)C3)Oc2ccc(Cl)cc21. The van der Waals surface area contributed by atoms with Crippen molar-refractivity contribution >= 4 is 35.0 Å². The van der Waals surface area contributed by atoms with E-state index >= 15 is 0 Å². The van der Waals surface area contributed by atoms with Crippen LogP contribution in [0.15, 0.2) is 36.4 Å². The van der Waals surface area contributed by atoms with Gasteiger partial charge in [-0.3, -0.25) is 9.59 Å². The molecule has 2 amide bonds. The fraction of sp³-hybridized carbons (Fsp3) is 0.417. The smallest absolute Gasteiger partial charge is 0.261 e. The summed E-state index contributed by atoms with van der Waals surface area (Å²) in [7, 11) is 0. The molecule has 2 bridgehead atoms. The third kappa shape index (κ3) is 4.19. The van der Waals surface area contributed by atoms with Gasteiger partial charge in [-0.05, 0) is 56.5 Å².